The fourth-order valence-corrected chi connectivity index (χ4v) is 3.95. The van der Waals surface area contributed by atoms with Gasteiger partial charge in [-0.3, -0.25) is 9.59 Å². The van der Waals surface area contributed by atoms with E-state index in [1.807, 2.05) is 73.8 Å². The van der Waals surface area contributed by atoms with Gasteiger partial charge in [0.15, 0.2) is 0 Å². The number of amides is 1. The van der Waals surface area contributed by atoms with Crippen molar-refractivity contribution in [3.63, 3.8) is 0 Å². The molecule has 6 nitrogen and oxygen atoms in total. The molecule has 3 rings (SSSR count). The predicted octanol–water partition coefficient (Wildman–Crippen LogP) is 5.66. The highest BCUT2D eigenvalue weighted by Crippen LogP contribution is 2.16. The number of methoxy groups -OCH3 is 1. The molecule has 0 saturated heterocycles. The maximum Gasteiger partial charge on any atom is 0.305 e. The molecule has 0 aromatic heterocycles. The Morgan fingerprint density at radius 1 is 0.684 bits per heavy atom. The van der Waals surface area contributed by atoms with Gasteiger partial charge in [0.1, 0.15) is 11.5 Å². The Kier molecular flexibility index (Phi) is 12.2. The summed E-state index contributed by atoms with van der Waals surface area (Å²) < 4.78 is 16.3. The van der Waals surface area contributed by atoms with Gasteiger partial charge in [-0.25, -0.2) is 0 Å². The summed E-state index contributed by atoms with van der Waals surface area (Å²) in [6.45, 7) is 1.95. The number of hydrogen-bond donors (Lipinski definition) is 0. The fourth-order valence-electron chi connectivity index (χ4n) is 3.95. The number of hydrogen-bond acceptors (Lipinski definition) is 5. The van der Waals surface area contributed by atoms with E-state index in [0.717, 1.165) is 49.2 Å². The molecule has 0 N–H and O–H groups in total. The van der Waals surface area contributed by atoms with Crippen LogP contribution in [0.15, 0.2) is 78.9 Å². The summed E-state index contributed by atoms with van der Waals surface area (Å²) in [5.74, 6) is 1.60. The van der Waals surface area contributed by atoms with Crippen LogP contribution in [0.4, 0.5) is 0 Å². The van der Waals surface area contributed by atoms with Gasteiger partial charge >= 0.3 is 5.97 Å². The Hall–Kier alpha value is -3.80. The van der Waals surface area contributed by atoms with Gasteiger partial charge in [-0.2, -0.15) is 0 Å². The van der Waals surface area contributed by atoms with E-state index in [1.54, 1.807) is 4.90 Å². The molecule has 3 aromatic rings. The van der Waals surface area contributed by atoms with Crippen LogP contribution in [0.5, 0.6) is 11.5 Å². The predicted molar refractivity (Wildman–Crippen MR) is 150 cm³/mol. The molecule has 0 unspecified atom stereocenters. The van der Waals surface area contributed by atoms with Crippen molar-refractivity contribution in [3.05, 3.63) is 95.6 Å². The largest absolute Gasteiger partial charge is 0.494 e. The third-order valence-corrected chi connectivity index (χ3v) is 6.36. The number of rotatable bonds is 16. The van der Waals surface area contributed by atoms with E-state index in [1.165, 1.54) is 18.2 Å². The molecule has 202 valence electrons. The Labute approximate surface area is 226 Å². The molecular weight excluding hydrogens is 478 g/mol. The molecule has 0 aliphatic carbocycles. The van der Waals surface area contributed by atoms with Crippen molar-refractivity contribution >= 4 is 11.9 Å². The van der Waals surface area contributed by atoms with Gasteiger partial charge in [-0.15, -0.1) is 0 Å². The van der Waals surface area contributed by atoms with E-state index >= 15 is 0 Å². The molecule has 1 amide bonds. The summed E-state index contributed by atoms with van der Waals surface area (Å²) in [5.41, 5.74) is 3.40. The van der Waals surface area contributed by atoms with Crippen LogP contribution in [0.2, 0.25) is 0 Å². The smallest absolute Gasteiger partial charge is 0.305 e. The zero-order valence-electron chi connectivity index (χ0n) is 22.6. The molecule has 0 heterocycles. The van der Waals surface area contributed by atoms with E-state index in [4.69, 9.17) is 9.47 Å². The number of nitrogens with zero attached hydrogens (tertiary/aromatic N) is 1. The Bertz CT molecular complexity index is 1100. The van der Waals surface area contributed by atoms with Crippen LogP contribution in [-0.4, -0.2) is 50.7 Å². The summed E-state index contributed by atoms with van der Waals surface area (Å²) in [7, 11) is 3.27. The molecule has 0 saturated carbocycles. The van der Waals surface area contributed by atoms with Crippen LogP contribution in [0, 0.1) is 0 Å². The molecule has 0 aliphatic heterocycles. The van der Waals surface area contributed by atoms with Crippen molar-refractivity contribution in [2.24, 2.45) is 0 Å². The van der Waals surface area contributed by atoms with Gasteiger partial charge in [-0.05, 0) is 73.1 Å². The molecule has 0 aliphatic rings. The average molecular weight is 518 g/mol. The zero-order valence-corrected chi connectivity index (χ0v) is 22.6. The van der Waals surface area contributed by atoms with Crippen molar-refractivity contribution in [1.82, 2.24) is 4.90 Å². The lowest BCUT2D eigenvalue weighted by molar-refractivity contribution is -0.140. The van der Waals surface area contributed by atoms with E-state index in [2.05, 4.69) is 16.9 Å². The minimum absolute atomic E-state index is 0.114. The topological polar surface area (TPSA) is 65.1 Å². The second-order valence-corrected chi connectivity index (χ2v) is 9.35. The lowest BCUT2D eigenvalue weighted by Gasteiger charge is -2.17. The van der Waals surface area contributed by atoms with Crippen molar-refractivity contribution in [2.75, 3.05) is 33.9 Å². The zero-order chi connectivity index (χ0) is 27.0. The number of aryl methyl sites for hydroxylation is 1. The van der Waals surface area contributed by atoms with E-state index in [9.17, 15) is 9.59 Å². The summed E-state index contributed by atoms with van der Waals surface area (Å²) in [4.78, 5) is 25.5. The van der Waals surface area contributed by atoms with Gasteiger partial charge in [0, 0.05) is 20.0 Å². The second kappa shape index (κ2) is 16.1. The van der Waals surface area contributed by atoms with Crippen LogP contribution in [0.25, 0.3) is 0 Å². The standard InChI is InChI=1S/C32H39NO5/c1-33(22-21-26-9-4-3-5-10-26)31(34)25-28-15-19-30(20-16-28)38-24-7-6-23-37-29-17-13-27(14-18-29)11-8-12-32(35)36-2/h3-5,9-10,13-20H,6-8,11-12,21-25H2,1-2H3. The van der Waals surface area contributed by atoms with Crippen molar-refractivity contribution in [3.8, 4) is 11.5 Å². The molecule has 0 fully saturated rings. The van der Waals surface area contributed by atoms with Crippen LogP contribution >= 0.6 is 0 Å². The Morgan fingerprint density at radius 2 is 1.24 bits per heavy atom. The first-order valence-electron chi connectivity index (χ1n) is 13.3. The lowest BCUT2D eigenvalue weighted by Crippen LogP contribution is -2.30. The third kappa shape index (κ3) is 10.7. The maximum absolute atomic E-state index is 12.6. The molecule has 6 heteroatoms. The van der Waals surface area contributed by atoms with Crippen molar-refractivity contribution in [1.29, 1.82) is 0 Å². The van der Waals surface area contributed by atoms with Gasteiger partial charge < -0.3 is 19.1 Å². The Morgan fingerprint density at radius 3 is 1.82 bits per heavy atom. The van der Waals surface area contributed by atoms with Crippen LogP contribution in [-0.2, 0) is 33.6 Å². The van der Waals surface area contributed by atoms with Gasteiger partial charge in [0.2, 0.25) is 5.91 Å². The number of carbonyl (C=O) groups is 2. The molecule has 3 aromatic carbocycles. The van der Waals surface area contributed by atoms with Gasteiger partial charge in [0.25, 0.3) is 0 Å². The van der Waals surface area contributed by atoms with Crippen LogP contribution < -0.4 is 9.47 Å². The van der Waals surface area contributed by atoms with E-state index in [-0.39, 0.29) is 11.9 Å². The highest BCUT2D eigenvalue weighted by molar-refractivity contribution is 5.78. The van der Waals surface area contributed by atoms with Crippen molar-refractivity contribution in [2.45, 2.75) is 44.9 Å². The van der Waals surface area contributed by atoms with E-state index < -0.39 is 0 Å². The molecule has 0 atom stereocenters. The number of benzene rings is 3. The first-order valence-corrected chi connectivity index (χ1v) is 13.3. The fraction of sp³-hybridized carbons (Fsp3) is 0.375. The molecule has 38 heavy (non-hydrogen) atoms. The number of ether oxygens (including phenoxy) is 3. The number of esters is 1. The summed E-state index contributed by atoms with van der Waals surface area (Å²) >= 11 is 0. The Balaban J connectivity index is 1.26. The average Bonchev–Trinajstić information content (AvgIpc) is 2.95. The summed E-state index contributed by atoms with van der Waals surface area (Å²) in [5, 5.41) is 0. The van der Waals surface area contributed by atoms with E-state index in [0.29, 0.717) is 32.6 Å². The first-order chi connectivity index (χ1) is 18.5. The van der Waals surface area contributed by atoms with Gasteiger partial charge in [0.05, 0.1) is 26.7 Å². The second-order valence-electron chi connectivity index (χ2n) is 9.35. The minimum Gasteiger partial charge on any atom is -0.494 e. The van der Waals surface area contributed by atoms with Crippen molar-refractivity contribution < 1.29 is 23.8 Å². The normalized spacial score (nSPS) is 10.6. The minimum atomic E-state index is -0.170. The maximum atomic E-state index is 12.6. The highest BCUT2D eigenvalue weighted by atomic mass is 16.5. The number of likely N-dealkylation sites (N-methyl/N-ethyl adjacent to an activating group) is 1. The first kappa shape index (κ1) is 28.8. The molecular formula is C32H39NO5. The highest BCUT2D eigenvalue weighted by Gasteiger charge is 2.10. The summed E-state index contributed by atoms with van der Waals surface area (Å²) in [6.07, 6.45) is 5.08. The van der Waals surface area contributed by atoms with Crippen LogP contribution in [0.1, 0.15) is 42.4 Å². The SMILES string of the molecule is COC(=O)CCCc1ccc(OCCCCOc2ccc(CC(=O)N(C)CCc3ccccc3)cc2)cc1. The monoisotopic (exact) mass is 517 g/mol. The summed E-state index contributed by atoms with van der Waals surface area (Å²) in [6, 6.07) is 26.0. The van der Waals surface area contributed by atoms with Gasteiger partial charge in [-0.1, -0.05) is 54.6 Å². The molecule has 0 radical (unpaired) electrons. The lowest BCUT2D eigenvalue weighted by atomic mass is 10.1. The van der Waals surface area contributed by atoms with Crippen LogP contribution in [0.3, 0.4) is 0 Å². The number of carbonyl (C=O) groups excluding carboxylic acids is 2. The third-order valence-electron chi connectivity index (χ3n) is 6.36. The molecule has 0 bridgehead atoms. The quantitative estimate of drug-likeness (QED) is 0.181. The number of unbranched alkanes of at least 4 members (excludes halogenated alkanes) is 1. The molecule has 0 spiro atoms.